The van der Waals surface area contributed by atoms with Gasteiger partial charge in [0.2, 0.25) is 0 Å². The maximum atomic E-state index is 4.79. The second-order valence-electron chi connectivity index (χ2n) is 8.65. The summed E-state index contributed by atoms with van der Waals surface area (Å²) < 4.78 is 3.62. The maximum absolute atomic E-state index is 4.79. The van der Waals surface area contributed by atoms with Gasteiger partial charge in [0.05, 0.1) is 5.39 Å². The highest BCUT2D eigenvalue weighted by Crippen LogP contribution is 2.26. The van der Waals surface area contributed by atoms with Crippen LogP contribution in [0.15, 0.2) is 24.7 Å². The van der Waals surface area contributed by atoms with E-state index in [1.807, 2.05) is 29.9 Å². The van der Waals surface area contributed by atoms with Gasteiger partial charge in [0.1, 0.15) is 18.0 Å². The van der Waals surface area contributed by atoms with E-state index in [0.29, 0.717) is 11.6 Å². The topological polar surface area (TPSA) is 102 Å². The average Bonchev–Trinajstić information content (AvgIpc) is 3.22. The van der Waals surface area contributed by atoms with Crippen LogP contribution in [-0.2, 0) is 12.5 Å². The molecule has 0 spiro atoms. The molecular weight excluding hydrogens is 368 g/mol. The number of aromatic nitrogens is 8. The number of rotatable bonds is 4. The minimum absolute atomic E-state index is 0.110. The molecule has 0 bridgehead atoms. The predicted octanol–water partition coefficient (Wildman–Crippen LogP) is 1.65. The predicted molar refractivity (Wildman–Crippen MR) is 110 cm³/mol. The van der Waals surface area contributed by atoms with Crippen molar-refractivity contribution in [2.45, 2.75) is 26.2 Å². The first-order chi connectivity index (χ1) is 13.9. The van der Waals surface area contributed by atoms with Gasteiger partial charge in [0.15, 0.2) is 17.1 Å². The van der Waals surface area contributed by atoms with E-state index in [4.69, 9.17) is 5.10 Å². The Morgan fingerprint density at radius 3 is 2.72 bits per heavy atom. The van der Waals surface area contributed by atoms with Crippen molar-refractivity contribution in [3.63, 3.8) is 0 Å². The normalized spacial score (nSPS) is 15.2. The van der Waals surface area contributed by atoms with Crippen LogP contribution in [0.1, 0.15) is 26.6 Å². The van der Waals surface area contributed by atoms with Crippen LogP contribution in [0, 0.1) is 5.92 Å². The van der Waals surface area contributed by atoms with E-state index in [-0.39, 0.29) is 5.41 Å². The largest absolute Gasteiger partial charge is 0.369 e. The van der Waals surface area contributed by atoms with Gasteiger partial charge >= 0.3 is 0 Å². The highest BCUT2D eigenvalue weighted by atomic mass is 15.4. The number of hydrogen-bond acceptors (Lipinski definition) is 8. The Morgan fingerprint density at radius 2 is 1.93 bits per heavy atom. The van der Waals surface area contributed by atoms with Crippen LogP contribution < -0.4 is 10.2 Å². The molecule has 0 saturated carbocycles. The van der Waals surface area contributed by atoms with Gasteiger partial charge in [-0.2, -0.15) is 9.61 Å². The minimum Gasteiger partial charge on any atom is -0.369 e. The Morgan fingerprint density at radius 1 is 1.10 bits per heavy atom. The molecule has 4 aromatic heterocycles. The van der Waals surface area contributed by atoms with E-state index in [1.54, 1.807) is 11.0 Å². The third-order valence-corrected chi connectivity index (χ3v) is 5.19. The number of nitrogens with one attached hydrogen (secondary N) is 1. The van der Waals surface area contributed by atoms with Crippen LogP contribution in [-0.4, -0.2) is 59.2 Å². The fraction of sp³-hybridized carbons (Fsp3) is 0.474. The summed E-state index contributed by atoms with van der Waals surface area (Å²) in [5, 5.41) is 22.1. The maximum Gasteiger partial charge on any atom is 0.186 e. The van der Waals surface area contributed by atoms with Crippen molar-refractivity contribution < 1.29 is 0 Å². The molecule has 29 heavy (non-hydrogen) atoms. The summed E-state index contributed by atoms with van der Waals surface area (Å²) in [6.07, 6.45) is 3.49. The molecular formula is C19H24N10. The third-order valence-electron chi connectivity index (χ3n) is 5.19. The molecule has 0 amide bonds. The van der Waals surface area contributed by atoms with Gasteiger partial charge in [-0.25, -0.2) is 9.97 Å². The summed E-state index contributed by atoms with van der Waals surface area (Å²) in [5.41, 5.74) is 1.38. The van der Waals surface area contributed by atoms with Gasteiger partial charge in [0.25, 0.3) is 0 Å². The van der Waals surface area contributed by atoms with Crippen molar-refractivity contribution in [1.29, 1.82) is 0 Å². The first-order valence-electron chi connectivity index (χ1n) is 9.74. The summed E-state index contributed by atoms with van der Waals surface area (Å²) in [7, 11) is 1.89. The molecule has 1 N–H and O–H groups in total. The summed E-state index contributed by atoms with van der Waals surface area (Å²) in [4.78, 5) is 10.9. The van der Waals surface area contributed by atoms with Gasteiger partial charge in [-0.15, -0.1) is 15.3 Å². The van der Waals surface area contributed by atoms with Crippen molar-refractivity contribution in [1.82, 2.24) is 39.6 Å². The van der Waals surface area contributed by atoms with Crippen molar-refractivity contribution >= 4 is 28.3 Å². The van der Waals surface area contributed by atoms with E-state index < -0.39 is 0 Å². The van der Waals surface area contributed by atoms with Crippen LogP contribution >= 0.6 is 0 Å². The van der Waals surface area contributed by atoms with Gasteiger partial charge in [-0.3, -0.25) is 4.68 Å². The minimum atomic E-state index is -0.110. The fourth-order valence-electron chi connectivity index (χ4n) is 3.63. The molecule has 1 aliphatic heterocycles. The second-order valence-corrected chi connectivity index (χ2v) is 8.65. The molecule has 5 heterocycles. The summed E-state index contributed by atoms with van der Waals surface area (Å²) in [5.74, 6) is 3.19. The standard InChI is InChI=1S/C19H24N10/c1-19(2,3)18-24-23-14-5-6-15(25-29(14)18)28-8-12(9-28)7-20-16-13-10-27(4)26-17(13)22-11-21-16/h5-6,10-12H,7-9H2,1-4H3,(H,20,21,22,26). The quantitative estimate of drug-likeness (QED) is 0.559. The van der Waals surface area contributed by atoms with E-state index >= 15 is 0 Å². The summed E-state index contributed by atoms with van der Waals surface area (Å²) >= 11 is 0. The van der Waals surface area contributed by atoms with Crippen molar-refractivity contribution in [3.05, 3.63) is 30.5 Å². The highest BCUT2D eigenvalue weighted by molar-refractivity contribution is 5.85. The Bertz CT molecular complexity index is 1180. The lowest BCUT2D eigenvalue weighted by molar-refractivity contribution is 0.423. The molecule has 0 radical (unpaired) electrons. The monoisotopic (exact) mass is 392 g/mol. The fourth-order valence-corrected chi connectivity index (χ4v) is 3.63. The second kappa shape index (κ2) is 6.36. The number of aryl methyl sites for hydroxylation is 1. The van der Waals surface area contributed by atoms with Gasteiger partial charge in [0, 0.05) is 44.2 Å². The van der Waals surface area contributed by atoms with Crippen LogP contribution in [0.5, 0.6) is 0 Å². The van der Waals surface area contributed by atoms with Gasteiger partial charge in [-0.1, -0.05) is 20.8 Å². The Kier molecular flexibility index (Phi) is 3.90. The van der Waals surface area contributed by atoms with Crippen LogP contribution in [0.3, 0.4) is 0 Å². The molecule has 1 aliphatic rings. The number of nitrogens with zero attached hydrogens (tertiary/aromatic N) is 9. The SMILES string of the molecule is Cn1cc2c(NCC3CN(c4ccc5nnc(C(C)(C)C)n5n4)C3)ncnc2n1. The highest BCUT2D eigenvalue weighted by Gasteiger charge is 2.29. The van der Waals surface area contributed by atoms with Crippen LogP contribution in [0.25, 0.3) is 16.7 Å². The van der Waals surface area contributed by atoms with E-state index in [1.165, 1.54) is 0 Å². The van der Waals surface area contributed by atoms with Gasteiger partial charge in [-0.05, 0) is 12.1 Å². The lowest BCUT2D eigenvalue weighted by Crippen LogP contribution is -2.50. The molecule has 1 fully saturated rings. The zero-order chi connectivity index (χ0) is 20.2. The molecule has 1 saturated heterocycles. The van der Waals surface area contributed by atoms with Crippen molar-refractivity contribution in [2.24, 2.45) is 13.0 Å². The molecule has 5 rings (SSSR count). The molecule has 4 aromatic rings. The van der Waals surface area contributed by atoms with E-state index in [9.17, 15) is 0 Å². The molecule has 10 nitrogen and oxygen atoms in total. The van der Waals surface area contributed by atoms with Crippen molar-refractivity contribution in [2.75, 3.05) is 29.9 Å². The average molecular weight is 392 g/mol. The lowest BCUT2D eigenvalue weighted by Gasteiger charge is -2.40. The molecule has 0 aromatic carbocycles. The number of fused-ring (bicyclic) bond motifs is 2. The Labute approximate surface area is 168 Å². The Balaban J connectivity index is 1.26. The summed E-state index contributed by atoms with van der Waals surface area (Å²) in [6.45, 7) is 9.10. The van der Waals surface area contributed by atoms with Crippen LogP contribution in [0.4, 0.5) is 11.6 Å². The lowest BCUT2D eigenvalue weighted by atomic mass is 9.96. The molecule has 0 atom stereocenters. The third kappa shape index (κ3) is 3.14. The zero-order valence-corrected chi connectivity index (χ0v) is 17.0. The molecule has 0 unspecified atom stereocenters. The Hall–Kier alpha value is -3.30. The van der Waals surface area contributed by atoms with E-state index in [0.717, 1.165) is 48.1 Å². The van der Waals surface area contributed by atoms with E-state index in [2.05, 4.69) is 56.3 Å². The summed E-state index contributed by atoms with van der Waals surface area (Å²) in [6, 6.07) is 4.00. The van der Waals surface area contributed by atoms with Crippen molar-refractivity contribution in [3.8, 4) is 0 Å². The number of hydrogen-bond donors (Lipinski definition) is 1. The smallest absolute Gasteiger partial charge is 0.186 e. The molecule has 0 aliphatic carbocycles. The van der Waals surface area contributed by atoms with Crippen LogP contribution in [0.2, 0.25) is 0 Å². The zero-order valence-electron chi connectivity index (χ0n) is 17.0. The first-order valence-corrected chi connectivity index (χ1v) is 9.74. The number of anilines is 2. The van der Waals surface area contributed by atoms with Gasteiger partial charge < -0.3 is 10.2 Å². The molecule has 150 valence electrons. The molecule has 10 heteroatoms. The first kappa shape index (κ1) is 17.8.